The third-order valence-corrected chi connectivity index (χ3v) is 1.74. The predicted octanol–water partition coefficient (Wildman–Crippen LogP) is 1.78. The van der Waals surface area contributed by atoms with Crippen LogP contribution in [0.15, 0.2) is 47.5 Å². The molecule has 0 aromatic carbocycles. The van der Waals surface area contributed by atoms with Crippen molar-refractivity contribution in [3.05, 3.63) is 53.6 Å². The van der Waals surface area contributed by atoms with Crippen molar-refractivity contribution in [3.63, 3.8) is 0 Å². The SMILES string of the molecule is CN1C=CC=C2C=C=C[C+]=C21. The molecule has 1 aliphatic heterocycles. The fourth-order valence-corrected chi connectivity index (χ4v) is 1.18. The maximum atomic E-state index is 3.13. The first-order valence-electron chi connectivity index (χ1n) is 3.54. The average Bonchev–Trinajstić information content (AvgIpc) is 2.06. The van der Waals surface area contributed by atoms with Crippen molar-refractivity contribution < 1.29 is 0 Å². The average molecular weight is 142 g/mol. The fraction of sp³-hybridized carbons (Fsp3) is 0.100. The Balaban J connectivity index is 2.51. The number of hydrogen-bond donors (Lipinski definition) is 0. The topological polar surface area (TPSA) is 3.24 Å². The molecule has 0 aromatic rings. The molecule has 0 unspecified atom stereocenters. The van der Waals surface area contributed by atoms with E-state index in [9.17, 15) is 0 Å². The number of allylic oxidation sites excluding steroid dienone is 4. The Morgan fingerprint density at radius 2 is 2.45 bits per heavy atom. The Hall–Kier alpha value is -1.55. The first-order chi connectivity index (χ1) is 5.38. The van der Waals surface area contributed by atoms with E-state index in [0.717, 1.165) is 5.70 Å². The van der Waals surface area contributed by atoms with Gasteiger partial charge in [0.1, 0.15) is 11.6 Å². The third-order valence-electron chi connectivity index (χ3n) is 1.74. The molecule has 0 bridgehead atoms. The second kappa shape index (κ2) is 2.25. The van der Waals surface area contributed by atoms with Crippen molar-refractivity contribution in [3.8, 4) is 0 Å². The monoisotopic (exact) mass is 142 g/mol. The molecule has 0 radical (unpaired) electrons. The molecule has 0 spiro atoms. The van der Waals surface area contributed by atoms with Gasteiger partial charge >= 0.3 is 0 Å². The summed E-state index contributed by atoms with van der Waals surface area (Å²) >= 11 is 0. The maximum Gasteiger partial charge on any atom is 0.218 e. The largest absolute Gasteiger partial charge is 0.321 e. The van der Waals surface area contributed by atoms with Gasteiger partial charge in [-0.25, -0.2) is 0 Å². The number of fused-ring (bicyclic) bond motifs is 1. The van der Waals surface area contributed by atoms with Crippen LogP contribution in [0.25, 0.3) is 0 Å². The Morgan fingerprint density at radius 1 is 1.55 bits per heavy atom. The van der Waals surface area contributed by atoms with Gasteiger partial charge in [-0.1, -0.05) is 0 Å². The lowest BCUT2D eigenvalue weighted by Crippen LogP contribution is -2.14. The molecule has 0 aromatic heterocycles. The van der Waals surface area contributed by atoms with E-state index in [1.807, 2.05) is 36.4 Å². The van der Waals surface area contributed by atoms with Gasteiger partial charge in [-0.3, -0.25) is 0 Å². The smallest absolute Gasteiger partial charge is 0.218 e. The van der Waals surface area contributed by atoms with Crippen LogP contribution in [0.4, 0.5) is 0 Å². The van der Waals surface area contributed by atoms with Crippen molar-refractivity contribution in [2.75, 3.05) is 7.05 Å². The van der Waals surface area contributed by atoms with Gasteiger partial charge in [-0.05, 0) is 6.08 Å². The molecule has 1 nitrogen and oxygen atoms in total. The van der Waals surface area contributed by atoms with Crippen LogP contribution >= 0.6 is 0 Å². The standard InChI is InChI=1S/C10H8N/c1-11-8-4-6-9-5-2-3-7-10(9)11/h3-6,8H,1H3/q+1. The second-order valence-corrected chi connectivity index (χ2v) is 2.52. The number of hydrogen-bond acceptors (Lipinski definition) is 1. The molecular weight excluding hydrogens is 134 g/mol. The van der Waals surface area contributed by atoms with Crippen molar-refractivity contribution in [1.82, 2.24) is 4.90 Å². The number of rotatable bonds is 0. The quantitative estimate of drug-likeness (QED) is 0.368. The predicted molar refractivity (Wildman–Crippen MR) is 44.4 cm³/mol. The van der Waals surface area contributed by atoms with Gasteiger partial charge < -0.3 is 4.90 Å². The lowest BCUT2D eigenvalue weighted by atomic mass is 10.1. The van der Waals surface area contributed by atoms with Gasteiger partial charge in [0.15, 0.2) is 6.08 Å². The molecule has 0 atom stereocenters. The second-order valence-electron chi connectivity index (χ2n) is 2.52. The molecule has 0 N–H and O–H groups in total. The normalized spacial score (nSPS) is 18.8. The van der Waals surface area contributed by atoms with Crippen LogP contribution in [-0.4, -0.2) is 11.9 Å². The van der Waals surface area contributed by atoms with Crippen LogP contribution in [0, 0.1) is 6.08 Å². The third kappa shape index (κ3) is 0.929. The Morgan fingerprint density at radius 3 is 3.27 bits per heavy atom. The molecule has 0 fully saturated rings. The fourth-order valence-electron chi connectivity index (χ4n) is 1.18. The Bertz CT molecular complexity index is 323. The van der Waals surface area contributed by atoms with Gasteiger partial charge in [0.05, 0.1) is 11.8 Å². The highest BCUT2D eigenvalue weighted by Crippen LogP contribution is 2.20. The van der Waals surface area contributed by atoms with E-state index >= 15 is 0 Å². The molecule has 1 heterocycles. The van der Waals surface area contributed by atoms with Gasteiger partial charge in [-0.15, -0.1) is 0 Å². The van der Waals surface area contributed by atoms with E-state index in [2.05, 4.69) is 17.9 Å². The zero-order chi connectivity index (χ0) is 7.68. The molecular formula is C10H8N+. The van der Waals surface area contributed by atoms with Crippen molar-refractivity contribution in [2.45, 2.75) is 0 Å². The number of nitrogens with zero attached hydrogens (tertiary/aromatic N) is 1. The minimum absolute atomic E-state index is 1.12. The summed E-state index contributed by atoms with van der Waals surface area (Å²) < 4.78 is 0. The number of likely N-dealkylation sites (N-methyl/N-ethyl adjacent to an activating group) is 1. The van der Waals surface area contributed by atoms with E-state index in [1.165, 1.54) is 5.57 Å². The first kappa shape index (κ1) is 6.18. The molecule has 1 aliphatic carbocycles. The lowest BCUT2D eigenvalue weighted by molar-refractivity contribution is 0.573. The molecule has 11 heavy (non-hydrogen) atoms. The maximum absolute atomic E-state index is 3.13. The van der Waals surface area contributed by atoms with E-state index < -0.39 is 0 Å². The van der Waals surface area contributed by atoms with Gasteiger partial charge in [0, 0.05) is 19.3 Å². The highest BCUT2D eigenvalue weighted by Gasteiger charge is 2.19. The summed E-state index contributed by atoms with van der Waals surface area (Å²) in [6, 6.07) is 0. The summed E-state index contributed by atoms with van der Waals surface area (Å²) in [5, 5.41) is 0. The van der Waals surface area contributed by atoms with Crippen LogP contribution in [0.1, 0.15) is 0 Å². The summed E-state index contributed by atoms with van der Waals surface area (Å²) in [6.45, 7) is 0. The Labute approximate surface area is 66.3 Å². The van der Waals surface area contributed by atoms with E-state index in [4.69, 9.17) is 0 Å². The van der Waals surface area contributed by atoms with Crippen molar-refractivity contribution in [2.24, 2.45) is 0 Å². The highest BCUT2D eigenvalue weighted by molar-refractivity contribution is 5.46. The molecule has 2 aliphatic rings. The van der Waals surface area contributed by atoms with Gasteiger partial charge in [0.2, 0.25) is 5.70 Å². The zero-order valence-electron chi connectivity index (χ0n) is 6.33. The summed E-state index contributed by atoms with van der Waals surface area (Å²) in [7, 11) is 2.01. The molecule has 0 amide bonds. The van der Waals surface area contributed by atoms with E-state index in [-0.39, 0.29) is 0 Å². The van der Waals surface area contributed by atoms with Gasteiger partial charge in [-0.2, -0.15) is 0 Å². The Kier molecular flexibility index (Phi) is 1.26. The summed E-state index contributed by atoms with van der Waals surface area (Å²) in [4.78, 5) is 2.04. The van der Waals surface area contributed by atoms with E-state index in [0.29, 0.717) is 0 Å². The van der Waals surface area contributed by atoms with Crippen LogP contribution in [0.2, 0.25) is 0 Å². The molecule has 0 saturated carbocycles. The van der Waals surface area contributed by atoms with Crippen molar-refractivity contribution >= 4 is 0 Å². The van der Waals surface area contributed by atoms with Crippen LogP contribution in [0.3, 0.4) is 0 Å². The van der Waals surface area contributed by atoms with Crippen LogP contribution < -0.4 is 0 Å². The molecule has 0 saturated heterocycles. The summed E-state index contributed by atoms with van der Waals surface area (Å²) in [6.07, 6.45) is 13.0. The lowest BCUT2D eigenvalue weighted by Gasteiger charge is -2.14. The summed E-state index contributed by atoms with van der Waals surface area (Å²) in [5.41, 5.74) is 5.29. The van der Waals surface area contributed by atoms with Crippen LogP contribution in [-0.2, 0) is 0 Å². The van der Waals surface area contributed by atoms with Gasteiger partial charge in [0.25, 0.3) is 0 Å². The van der Waals surface area contributed by atoms with E-state index in [1.54, 1.807) is 0 Å². The highest BCUT2D eigenvalue weighted by atomic mass is 15.1. The van der Waals surface area contributed by atoms with Crippen LogP contribution in [0.5, 0.6) is 0 Å². The summed E-state index contributed by atoms with van der Waals surface area (Å²) in [5.74, 6) is 0. The first-order valence-corrected chi connectivity index (χ1v) is 3.54. The minimum atomic E-state index is 1.12. The molecule has 52 valence electrons. The zero-order valence-corrected chi connectivity index (χ0v) is 6.33. The van der Waals surface area contributed by atoms with Crippen molar-refractivity contribution in [1.29, 1.82) is 0 Å². The minimum Gasteiger partial charge on any atom is -0.321 e. The molecule has 1 heteroatoms. The molecule has 2 rings (SSSR count).